The van der Waals surface area contributed by atoms with Crippen LogP contribution in [0.15, 0.2) is 66.2 Å². The minimum atomic E-state index is -0.975. The van der Waals surface area contributed by atoms with Crippen molar-refractivity contribution in [3.05, 3.63) is 93.0 Å². The number of anilines is 1. The molecule has 6 nitrogen and oxygen atoms in total. The Kier molecular flexibility index (Phi) is 7.29. The van der Waals surface area contributed by atoms with Crippen LogP contribution in [0.2, 0.25) is 10.0 Å². The van der Waals surface area contributed by atoms with Crippen LogP contribution in [0.4, 0.5) is 5.69 Å². The monoisotopic (exact) mass is 525 g/mol. The van der Waals surface area contributed by atoms with Crippen LogP contribution in [0.5, 0.6) is 11.5 Å². The number of hydrogen-bond acceptors (Lipinski definition) is 5. The summed E-state index contributed by atoms with van der Waals surface area (Å²) in [5.41, 5.74) is 1.88. The van der Waals surface area contributed by atoms with Gasteiger partial charge in [-0.3, -0.25) is 14.5 Å². The molecule has 36 heavy (non-hydrogen) atoms. The van der Waals surface area contributed by atoms with Gasteiger partial charge in [-0.2, -0.15) is 0 Å². The van der Waals surface area contributed by atoms with Gasteiger partial charge in [0.1, 0.15) is 17.3 Å². The predicted molar refractivity (Wildman–Crippen MR) is 141 cm³/mol. The second-order valence-electron chi connectivity index (χ2n) is 9.07. The number of ether oxygens (including phenoxy) is 1. The lowest BCUT2D eigenvalue weighted by molar-refractivity contribution is -0.132. The summed E-state index contributed by atoms with van der Waals surface area (Å²) in [6.45, 7) is 6.48. The molecule has 8 heteroatoms. The van der Waals surface area contributed by atoms with Crippen molar-refractivity contribution >= 4 is 46.3 Å². The lowest BCUT2D eigenvalue weighted by Gasteiger charge is -2.26. The van der Waals surface area contributed by atoms with E-state index in [1.54, 1.807) is 30.3 Å². The first-order valence-corrected chi connectivity index (χ1v) is 12.1. The molecule has 0 spiro atoms. The number of hydrogen-bond donors (Lipinski definition) is 2. The van der Waals surface area contributed by atoms with Crippen LogP contribution >= 0.6 is 23.2 Å². The number of nitrogens with zero attached hydrogens (tertiary/aromatic N) is 1. The van der Waals surface area contributed by atoms with Gasteiger partial charge < -0.3 is 14.9 Å². The number of benzene rings is 3. The van der Waals surface area contributed by atoms with Gasteiger partial charge in [-0.05, 0) is 72.5 Å². The van der Waals surface area contributed by atoms with Crippen molar-refractivity contribution in [3.8, 4) is 11.5 Å². The van der Waals surface area contributed by atoms with Crippen molar-refractivity contribution in [1.82, 2.24) is 0 Å². The minimum Gasteiger partial charge on any atom is -0.508 e. The van der Waals surface area contributed by atoms with E-state index in [4.69, 9.17) is 27.9 Å². The van der Waals surface area contributed by atoms with E-state index in [2.05, 4.69) is 0 Å². The predicted octanol–water partition coefficient (Wildman–Crippen LogP) is 6.67. The molecule has 0 bridgehead atoms. The third-order valence-corrected chi connectivity index (χ3v) is 6.24. The Morgan fingerprint density at radius 3 is 2.22 bits per heavy atom. The van der Waals surface area contributed by atoms with E-state index < -0.39 is 17.7 Å². The van der Waals surface area contributed by atoms with Crippen molar-refractivity contribution in [1.29, 1.82) is 0 Å². The number of halogens is 2. The van der Waals surface area contributed by atoms with Gasteiger partial charge in [0.25, 0.3) is 11.7 Å². The van der Waals surface area contributed by atoms with Gasteiger partial charge in [0.2, 0.25) is 0 Å². The lowest BCUT2D eigenvalue weighted by atomic mass is 9.94. The molecule has 0 radical (unpaired) electrons. The van der Waals surface area contributed by atoms with Crippen LogP contribution < -0.4 is 9.64 Å². The number of carbonyl (C=O) groups excluding carboxylic acids is 2. The number of aromatic hydroxyl groups is 1. The summed E-state index contributed by atoms with van der Waals surface area (Å²) in [7, 11) is 0. The van der Waals surface area contributed by atoms with Crippen LogP contribution in [0.1, 0.15) is 36.6 Å². The number of rotatable bonds is 6. The minimum absolute atomic E-state index is 0.0223. The fourth-order valence-electron chi connectivity index (χ4n) is 4.12. The van der Waals surface area contributed by atoms with Gasteiger partial charge in [0.15, 0.2) is 0 Å². The number of aryl methyl sites for hydroxylation is 1. The number of aliphatic hydroxyl groups is 1. The number of Topliss-reactive ketones (excluding diaryl/α,β-unsaturated/α-hetero) is 1. The maximum Gasteiger partial charge on any atom is 0.300 e. The molecule has 1 aliphatic rings. The molecule has 3 aromatic rings. The SMILES string of the molecule is Cc1cc(/C(O)=C2\C(=O)C(=O)N(c3cc(Cl)cc(Cl)c3)C2c2ccc(O)cc2)ccc1OCC(C)C. The van der Waals surface area contributed by atoms with Crippen LogP contribution in [-0.2, 0) is 9.59 Å². The summed E-state index contributed by atoms with van der Waals surface area (Å²) >= 11 is 12.4. The van der Waals surface area contributed by atoms with Crippen LogP contribution in [-0.4, -0.2) is 28.5 Å². The first kappa shape index (κ1) is 25.6. The van der Waals surface area contributed by atoms with Crippen LogP contribution in [0, 0.1) is 12.8 Å². The molecule has 3 aromatic carbocycles. The molecule has 0 aromatic heterocycles. The van der Waals surface area contributed by atoms with Crippen LogP contribution in [0.3, 0.4) is 0 Å². The number of carbonyl (C=O) groups is 2. The van der Waals surface area contributed by atoms with E-state index in [9.17, 15) is 19.8 Å². The van der Waals surface area contributed by atoms with Gasteiger partial charge >= 0.3 is 0 Å². The summed E-state index contributed by atoms with van der Waals surface area (Å²) in [4.78, 5) is 27.8. The zero-order valence-corrected chi connectivity index (χ0v) is 21.5. The molecule has 1 amide bonds. The van der Waals surface area contributed by atoms with Gasteiger partial charge in [-0.1, -0.05) is 49.2 Å². The molecule has 1 unspecified atom stereocenters. The largest absolute Gasteiger partial charge is 0.508 e. The number of phenols is 1. The lowest BCUT2D eigenvalue weighted by Crippen LogP contribution is -2.29. The van der Waals surface area contributed by atoms with Gasteiger partial charge in [-0.25, -0.2) is 0 Å². The Balaban J connectivity index is 1.87. The highest BCUT2D eigenvalue weighted by molar-refractivity contribution is 6.52. The Bertz CT molecular complexity index is 1340. The van der Waals surface area contributed by atoms with Crippen molar-refractivity contribution < 1.29 is 24.5 Å². The quantitative estimate of drug-likeness (QED) is 0.213. The van der Waals surface area contributed by atoms with Crippen molar-refractivity contribution in [3.63, 3.8) is 0 Å². The van der Waals surface area contributed by atoms with E-state index in [1.807, 2.05) is 20.8 Å². The average Bonchev–Trinajstić information content (AvgIpc) is 3.08. The second kappa shape index (κ2) is 10.2. The smallest absolute Gasteiger partial charge is 0.300 e. The van der Waals surface area contributed by atoms with E-state index in [-0.39, 0.29) is 27.1 Å². The molecule has 1 atom stereocenters. The topological polar surface area (TPSA) is 87.1 Å². The van der Waals surface area contributed by atoms with Gasteiger partial charge in [0.05, 0.1) is 18.2 Å². The van der Waals surface area contributed by atoms with Gasteiger partial charge in [0, 0.05) is 21.3 Å². The highest BCUT2D eigenvalue weighted by Gasteiger charge is 2.47. The number of ketones is 1. The molecule has 186 valence electrons. The summed E-state index contributed by atoms with van der Waals surface area (Å²) in [5.74, 6) is -0.959. The molecule has 4 rings (SSSR count). The average molecular weight is 526 g/mol. The third kappa shape index (κ3) is 5.06. The van der Waals surface area contributed by atoms with Crippen LogP contribution in [0.25, 0.3) is 5.76 Å². The van der Waals surface area contributed by atoms with Crippen molar-refractivity contribution in [2.75, 3.05) is 11.5 Å². The normalized spacial score (nSPS) is 17.2. The summed E-state index contributed by atoms with van der Waals surface area (Å²) in [6, 6.07) is 14.8. The van der Waals surface area contributed by atoms with E-state index in [0.29, 0.717) is 35.1 Å². The Morgan fingerprint density at radius 2 is 1.64 bits per heavy atom. The maximum atomic E-state index is 13.3. The second-order valence-corrected chi connectivity index (χ2v) is 9.95. The van der Waals surface area contributed by atoms with E-state index >= 15 is 0 Å². The molecule has 0 saturated carbocycles. The first-order valence-electron chi connectivity index (χ1n) is 11.4. The third-order valence-electron chi connectivity index (χ3n) is 5.80. The number of amides is 1. The Hall–Kier alpha value is -3.48. The number of phenolic OH excluding ortho intramolecular Hbond substituents is 1. The molecule has 2 N–H and O–H groups in total. The van der Waals surface area contributed by atoms with E-state index in [1.165, 1.54) is 35.2 Å². The van der Waals surface area contributed by atoms with E-state index in [0.717, 1.165) is 5.56 Å². The standard InChI is InChI=1S/C28H25Cl2NO5/c1-15(2)14-36-23-9-6-18(10-16(23)3)26(33)24-25(17-4-7-22(32)8-5-17)31(28(35)27(24)34)21-12-19(29)11-20(30)13-21/h4-13,15,25,32-33H,14H2,1-3H3/b26-24+. The molecule has 1 saturated heterocycles. The summed E-state index contributed by atoms with van der Waals surface area (Å²) in [6.07, 6.45) is 0. The molecular formula is C28H25Cl2NO5. The fraction of sp³-hybridized carbons (Fsp3) is 0.214. The number of aliphatic hydroxyl groups excluding tert-OH is 1. The first-order chi connectivity index (χ1) is 17.1. The van der Waals surface area contributed by atoms with Gasteiger partial charge in [-0.15, -0.1) is 0 Å². The summed E-state index contributed by atoms with van der Waals surface area (Å²) < 4.78 is 5.82. The Labute approximate surface area is 219 Å². The maximum absolute atomic E-state index is 13.3. The molecule has 1 heterocycles. The van der Waals surface area contributed by atoms with Crippen molar-refractivity contribution in [2.24, 2.45) is 5.92 Å². The molecular weight excluding hydrogens is 501 g/mol. The zero-order chi connectivity index (χ0) is 26.1. The zero-order valence-electron chi connectivity index (χ0n) is 20.0. The molecule has 0 aliphatic carbocycles. The molecule has 1 fully saturated rings. The summed E-state index contributed by atoms with van der Waals surface area (Å²) in [5, 5.41) is 21.7. The fourth-order valence-corrected chi connectivity index (χ4v) is 4.63. The highest BCUT2D eigenvalue weighted by Crippen LogP contribution is 2.43. The molecule has 1 aliphatic heterocycles. The highest BCUT2D eigenvalue weighted by atomic mass is 35.5. The van der Waals surface area contributed by atoms with Crippen molar-refractivity contribution in [2.45, 2.75) is 26.8 Å². The Morgan fingerprint density at radius 1 is 1.00 bits per heavy atom.